The molecule has 502 valence electrons. The zero-order chi connectivity index (χ0) is 63.8. The summed E-state index contributed by atoms with van der Waals surface area (Å²) in [6.45, 7) is 5.42. The second-order valence-electron chi connectivity index (χ2n) is 22.5. The second-order valence-corrected chi connectivity index (χ2v) is 25.3. The molecule has 26 heteroatoms. The van der Waals surface area contributed by atoms with Crippen molar-refractivity contribution < 1.29 is 144 Å². The average Bonchev–Trinajstić information content (AvgIpc) is 3.67. The van der Waals surface area contributed by atoms with Crippen LogP contribution in [0.15, 0.2) is 0 Å². The van der Waals surface area contributed by atoms with Gasteiger partial charge in [0, 0.05) is 64.5 Å². The third-order valence-electron chi connectivity index (χ3n) is 14.2. The van der Waals surface area contributed by atoms with E-state index in [-0.39, 0.29) is 160 Å². The van der Waals surface area contributed by atoms with Crippen molar-refractivity contribution in [1.82, 2.24) is 21.3 Å². The zero-order valence-electron chi connectivity index (χ0n) is 55.3. The quantitative estimate of drug-likeness (QED) is 0.0284. The van der Waals surface area contributed by atoms with Crippen molar-refractivity contribution in [2.75, 3.05) is 65.9 Å². The summed E-state index contributed by atoms with van der Waals surface area (Å²) in [5.41, 5.74) is 0. The molecular formula is C62H114N4Na2O18P2. The first-order chi connectivity index (χ1) is 41.3. The topological polar surface area (TPSA) is 320 Å². The van der Waals surface area contributed by atoms with Crippen LogP contribution in [0.5, 0.6) is 0 Å². The number of Topliss-reactive ketones (excluding diaryl/α,β-unsaturated/α-hetero) is 4. The van der Waals surface area contributed by atoms with E-state index in [0.29, 0.717) is 25.7 Å². The molecule has 0 aliphatic rings. The zero-order valence-corrected chi connectivity index (χ0v) is 61.1. The molecule has 0 aromatic carbocycles. The second kappa shape index (κ2) is 63.1. The Morgan fingerprint density at radius 3 is 0.898 bits per heavy atom. The largest absolute Gasteiger partial charge is 1.00 e. The van der Waals surface area contributed by atoms with Crippen LogP contribution in [0.1, 0.15) is 272 Å². The van der Waals surface area contributed by atoms with Gasteiger partial charge in [0.1, 0.15) is 23.1 Å². The van der Waals surface area contributed by atoms with Gasteiger partial charge >= 0.3 is 59.1 Å². The van der Waals surface area contributed by atoms with Crippen molar-refractivity contribution in [3.63, 3.8) is 0 Å². The maximum atomic E-state index is 12.9. The van der Waals surface area contributed by atoms with Crippen molar-refractivity contribution in [1.29, 1.82) is 0 Å². The first-order valence-electron chi connectivity index (χ1n) is 32.9. The van der Waals surface area contributed by atoms with Crippen molar-refractivity contribution in [2.45, 2.75) is 284 Å². The van der Waals surface area contributed by atoms with E-state index >= 15 is 0 Å². The minimum absolute atomic E-state index is 0. The molecule has 0 aliphatic carbocycles. The van der Waals surface area contributed by atoms with Gasteiger partial charge in [0.05, 0.1) is 77.8 Å². The summed E-state index contributed by atoms with van der Waals surface area (Å²) in [6.07, 6.45) is 29.7. The number of phosphoric ester groups is 2. The standard InChI is InChI=1S/C62H116N4O18P2.2Na/c1-5-9-13-17-19-21-23-27-31-35-57(69)47-61(73)65-53(49-79-43-39-55(67)33-29-25-15-11-7-3)51-83-85(75,76)81-45-41-63-59(71)37-38-60(72)64-42-46-82-86(77,78)84-52-54(50-80-44-40-56(68)34-30-26-16-12-8-4)66-62(74)48-58(70)36-32-28-24-22-20-18-14-10-6-2;;/h53-54H,5-52H2,1-4H3,(H,63,71)(H,64,72)(H,65,73)(H,66,74)(H,75,76)(H,77,78);;/q;2*+1/p-2. The third kappa shape index (κ3) is 62.2. The van der Waals surface area contributed by atoms with Crippen LogP contribution in [0.2, 0.25) is 0 Å². The van der Waals surface area contributed by atoms with E-state index in [1.165, 1.54) is 64.2 Å². The molecule has 0 saturated carbocycles. The molecule has 0 aromatic rings. The molecule has 4 unspecified atom stereocenters. The van der Waals surface area contributed by atoms with Gasteiger partial charge in [0.25, 0.3) is 15.6 Å². The number of hydrogen-bond donors (Lipinski definition) is 4. The third-order valence-corrected chi connectivity index (χ3v) is 16.1. The Morgan fingerprint density at radius 1 is 0.330 bits per heavy atom. The number of ketones is 4. The number of rotatable bonds is 65. The van der Waals surface area contributed by atoms with Crippen LogP contribution in [-0.4, -0.2) is 125 Å². The summed E-state index contributed by atoms with van der Waals surface area (Å²) in [6, 6.07) is -2.02. The molecule has 0 aromatic heterocycles. The van der Waals surface area contributed by atoms with Gasteiger partial charge in [-0.05, 0) is 25.7 Å². The molecule has 4 amide bonds. The van der Waals surface area contributed by atoms with Crippen molar-refractivity contribution >= 4 is 62.4 Å². The van der Waals surface area contributed by atoms with Gasteiger partial charge in [-0.25, -0.2) is 0 Å². The Hall–Kier alpha value is -1.30. The molecule has 0 rings (SSSR count). The fourth-order valence-corrected chi connectivity index (χ4v) is 10.6. The van der Waals surface area contributed by atoms with Crippen LogP contribution in [0, 0.1) is 0 Å². The fourth-order valence-electron chi connectivity index (χ4n) is 9.08. The number of phosphoric acid groups is 2. The smallest absolute Gasteiger partial charge is 0.756 e. The summed E-state index contributed by atoms with van der Waals surface area (Å²) >= 11 is 0. The molecule has 88 heavy (non-hydrogen) atoms. The maximum Gasteiger partial charge on any atom is 1.00 e. The van der Waals surface area contributed by atoms with E-state index in [0.717, 1.165) is 103 Å². The van der Waals surface area contributed by atoms with Gasteiger partial charge in [0.2, 0.25) is 23.6 Å². The predicted molar refractivity (Wildman–Crippen MR) is 329 cm³/mol. The molecule has 22 nitrogen and oxygen atoms in total. The van der Waals surface area contributed by atoms with Crippen molar-refractivity contribution in [2.24, 2.45) is 0 Å². The van der Waals surface area contributed by atoms with E-state index < -0.39 is 90.6 Å². The first kappa shape index (κ1) is 90.9. The molecule has 0 aliphatic heterocycles. The minimum Gasteiger partial charge on any atom is -0.756 e. The number of hydrogen-bond acceptors (Lipinski definition) is 18. The Kier molecular flexibility index (Phi) is 65.2. The van der Waals surface area contributed by atoms with E-state index in [1.807, 2.05) is 0 Å². The van der Waals surface area contributed by atoms with Crippen LogP contribution in [0.3, 0.4) is 0 Å². The molecule has 0 heterocycles. The van der Waals surface area contributed by atoms with Crippen LogP contribution in [-0.2, 0) is 75.1 Å². The molecule has 0 fully saturated rings. The maximum absolute atomic E-state index is 12.9. The average molecular weight is 1310 g/mol. The van der Waals surface area contributed by atoms with E-state index in [4.69, 9.17) is 27.6 Å². The van der Waals surface area contributed by atoms with Crippen LogP contribution in [0.25, 0.3) is 0 Å². The summed E-state index contributed by atoms with van der Waals surface area (Å²) in [7, 11) is -9.98. The molecule has 4 atom stereocenters. The Balaban J connectivity index is -0.0000361. The summed E-state index contributed by atoms with van der Waals surface area (Å²) in [5.74, 6) is -2.93. The van der Waals surface area contributed by atoms with E-state index in [1.54, 1.807) is 0 Å². The van der Waals surface area contributed by atoms with Crippen molar-refractivity contribution in [3.8, 4) is 0 Å². The normalized spacial score (nSPS) is 13.2. The molecule has 0 radical (unpaired) electrons. The Labute approximate surface area is 573 Å². The summed E-state index contributed by atoms with van der Waals surface area (Å²) in [5, 5.41) is 10.0. The SMILES string of the molecule is CCCCCCCCCCCC(=O)CC(=O)NC(COCCC(=O)CCCCCCC)COP(=O)([O-])OCCNC(=O)CCC(=O)NCCOP(=O)([O-])OCC(COCCC(=O)CCCCCCC)NC(=O)CC(=O)CCCCCCCCCCC.[Na+].[Na+]. The Bertz CT molecular complexity index is 1800. The number of nitrogens with one attached hydrogen (secondary N) is 4. The molecular weight excluding hydrogens is 1200 g/mol. The number of carbonyl (C=O) groups is 8. The number of carbonyl (C=O) groups excluding carboxylic acids is 8. The van der Waals surface area contributed by atoms with Gasteiger partial charge in [0.15, 0.2) is 0 Å². The number of amides is 4. The van der Waals surface area contributed by atoms with Gasteiger partial charge in [-0.15, -0.1) is 0 Å². The number of ether oxygens (including phenoxy) is 2. The molecule has 0 bridgehead atoms. The van der Waals surface area contributed by atoms with E-state index in [9.17, 15) is 57.3 Å². The minimum atomic E-state index is -4.99. The van der Waals surface area contributed by atoms with Gasteiger partial charge in [-0.1, -0.05) is 182 Å². The van der Waals surface area contributed by atoms with Gasteiger partial charge in [-0.2, -0.15) is 0 Å². The Morgan fingerprint density at radius 2 is 0.602 bits per heavy atom. The van der Waals surface area contributed by atoms with Crippen LogP contribution < -0.4 is 90.2 Å². The van der Waals surface area contributed by atoms with Crippen LogP contribution >= 0.6 is 15.6 Å². The summed E-state index contributed by atoms with van der Waals surface area (Å²) < 4.78 is 56.5. The molecule has 0 spiro atoms. The monoisotopic (exact) mass is 1310 g/mol. The molecule has 0 saturated heterocycles. The van der Waals surface area contributed by atoms with Crippen molar-refractivity contribution in [3.05, 3.63) is 0 Å². The number of unbranched alkanes of at least 4 members (excludes halogenated alkanes) is 24. The first-order valence-corrected chi connectivity index (χ1v) is 35.8. The predicted octanol–water partition coefficient (Wildman–Crippen LogP) is 4.41. The fraction of sp³-hybridized carbons (Fsp3) is 0.871. The molecule has 4 N–H and O–H groups in total. The van der Waals surface area contributed by atoms with E-state index in [2.05, 4.69) is 49.0 Å². The van der Waals surface area contributed by atoms with Gasteiger partial charge < -0.3 is 58.6 Å². The van der Waals surface area contributed by atoms with Crippen LogP contribution in [0.4, 0.5) is 0 Å². The van der Waals surface area contributed by atoms with Gasteiger partial charge in [-0.3, -0.25) is 47.5 Å². The summed E-state index contributed by atoms with van der Waals surface area (Å²) in [4.78, 5) is 126.